The maximum absolute atomic E-state index is 12.1. The lowest BCUT2D eigenvalue weighted by Crippen LogP contribution is -2.22. The lowest BCUT2D eigenvalue weighted by Gasteiger charge is -2.11. The second kappa shape index (κ2) is 6.76. The third kappa shape index (κ3) is 4.09. The van der Waals surface area contributed by atoms with E-state index in [4.69, 9.17) is 23.2 Å². The van der Waals surface area contributed by atoms with Gasteiger partial charge in [0, 0.05) is 5.02 Å². The molecule has 1 amide bonds. The van der Waals surface area contributed by atoms with Gasteiger partial charge in [-0.15, -0.1) is 10.2 Å². The van der Waals surface area contributed by atoms with E-state index in [1.165, 1.54) is 23.1 Å². The van der Waals surface area contributed by atoms with Gasteiger partial charge in [-0.2, -0.15) is 0 Å². The predicted octanol–water partition coefficient (Wildman–Crippen LogP) is 4.27. The molecule has 1 heterocycles. The molecule has 2 rings (SSSR count). The van der Waals surface area contributed by atoms with E-state index in [0.717, 1.165) is 9.35 Å². The molecule has 0 fully saturated rings. The van der Waals surface area contributed by atoms with Crippen LogP contribution in [0.1, 0.15) is 11.9 Å². The van der Waals surface area contributed by atoms with Crippen LogP contribution < -0.4 is 5.32 Å². The van der Waals surface area contributed by atoms with E-state index < -0.39 is 0 Å². The average molecular weight is 348 g/mol. The van der Waals surface area contributed by atoms with E-state index in [1.807, 2.05) is 6.92 Å². The van der Waals surface area contributed by atoms with Crippen molar-refractivity contribution in [3.05, 3.63) is 33.3 Å². The highest BCUT2D eigenvalue weighted by Gasteiger charge is 2.17. The Labute approximate surface area is 134 Å². The molecule has 0 radical (unpaired) electrons. The van der Waals surface area contributed by atoms with Crippen LogP contribution in [0.4, 0.5) is 5.69 Å². The summed E-state index contributed by atoms with van der Waals surface area (Å²) in [4.78, 5) is 12.1. The molecular weight excluding hydrogens is 337 g/mol. The third-order valence-electron chi connectivity index (χ3n) is 2.34. The van der Waals surface area contributed by atoms with Crippen molar-refractivity contribution >= 4 is 57.9 Å². The number of nitrogens with one attached hydrogen (secondary N) is 1. The summed E-state index contributed by atoms with van der Waals surface area (Å²) < 4.78 is 0.771. The van der Waals surface area contributed by atoms with Crippen molar-refractivity contribution in [3.63, 3.8) is 0 Å². The number of thioether (sulfide) groups is 1. The van der Waals surface area contributed by atoms with Crippen molar-refractivity contribution in [3.8, 4) is 0 Å². The Hall–Kier alpha value is -0.820. The van der Waals surface area contributed by atoms with Crippen molar-refractivity contribution in [2.24, 2.45) is 0 Å². The fourth-order valence-corrected chi connectivity index (χ4v) is 3.77. The first kappa shape index (κ1) is 15.6. The average Bonchev–Trinajstić information content (AvgIpc) is 2.78. The zero-order valence-corrected chi connectivity index (χ0v) is 13.8. The summed E-state index contributed by atoms with van der Waals surface area (Å²) in [5.41, 5.74) is 0.543. The summed E-state index contributed by atoms with van der Waals surface area (Å²) in [6.45, 7) is 3.68. The van der Waals surface area contributed by atoms with E-state index in [-0.39, 0.29) is 11.2 Å². The van der Waals surface area contributed by atoms with Crippen LogP contribution in [0, 0.1) is 6.92 Å². The first-order valence-electron chi connectivity index (χ1n) is 5.68. The molecule has 106 valence electrons. The van der Waals surface area contributed by atoms with E-state index in [2.05, 4.69) is 15.5 Å². The number of carbonyl (C=O) groups is 1. The highest BCUT2D eigenvalue weighted by atomic mass is 35.5. The lowest BCUT2D eigenvalue weighted by atomic mass is 10.3. The topological polar surface area (TPSA) is 54.9 Å². The number of hydrogen-bond acceptors (Lipinski definition) is 5. The first-order chi connectivity index (χ1) is 9.45. The van der Waals surface area contributed by atoms with Crippen LogP contribution in [0.15, 0.2) is 22.5 Å². The molecule has 1 aromatic heterocycles. The van der Waals surface area contributed by atoms with Gasteiger partial charge >= 0.3 is 0 Å². The monoisotopic (exact) mass is 347 g/mol. The molecule has 0 aliphatic rings. The maximum Gasteiger partial charge on any atom is 0.237 e. The van der Waals surface area contributed by atoms with Gasteiger partial charge in [0.15, 0.2) is 4.34 Å². The molecule has 8 heteroatoms. The molecule has 0 aliphatic carbocycles. The van der Waals surface area contributed by atoms with Gasteiger partial charge in [-0.05, 0) is 32.0 Å². The summed E-state index contributed by atoms with van der Waals surface area (Å²) in [5.74, 6) is -0.146. The van der Waals surface area contributed by atoms with Crippen LogP contribution in [-0.4, -0.2) is 21.4 Å². The molecule has 0 aliphatic heterocycles. The summed E-state index contributed by atoms with van der Waals surface area (Å²) in [5, 5.41) is 12.2. The molecule has 1 N–H and O–H groups in total. The fraction of sp³-hybridized carbons (Fsp3) is 0.250. The van der Waals surface area contributed by atoms with E-state index in [9.17, 15) is 4.79 Å². The van der Waals surface area contributed by atoms with Gasteiger partial charge in [-0.25, -0.2) is 0 Å². The van der Waals surface area contributed by atoms with E-state index >= 15 is 0 Å². The molecule has 1 atom stereocenters. The Morgan fingerprint density at radius 2 is 2.15 bits per heavy atom. The van der Waals surface area contributed by atoms with E-state index in [0.29, 0.717) is 15.7 Å². The molecule has 0 saturated carbocycles. The number of carbonyl (C=O) groups excluding carboxylic acids is 1. The van der Waals surface area contributed by atoms with Crippen molar-refractivity contribution in [2.75, 3.05) is 5.32 Å². The summed E-state index contributed by atoms with van der Waals surface area (Å²) in [6, 6.07) is 4.94. The molecule has 20 heavy (non-hydrogen) atoms. The molecule has 1 aromatic carbocycles. The minimum atomic E-state index is -0.297. The number of benzene rings is 1. The molecule has 0 bridgehead atoms. The Bertz CT molecular complexity index is 633. The maximum atomic E-state index is 12.1. The lowest BCUT2D eigenvalue weighted by molar-refractivity contribution is -0.115. The zero-order valence-electron chi connectivity index (χ0n) is 10.7. The Morgan fingerprint density at radius 3 is 2.75 bits per heavy atom. The second-order valence-corrected chi connectivity index (χ2v) is 7.57. The fourth-order valence-electron chi connectivity index (χ4n) is 1.36. The minimum absolute atomic E-state index is 0.146. The number of nitrogens with zero attached hydrogens (tertiary/aromatic N) is 2. The number of aromatic nitrogens is 2. The van der Waals surface area contributed by atoms with Crippen molar-refractivity contribution in [1.29, 1.82) is 0 Å². The summed E-state index contributed by atoms with van der Waals surface area (Å²) >= 11 is 14.7. The molecule has 0 saturated heterocycles. The van der Waals surface area contributed by atoms with Crippen molar-refractivity contribution in [1.82, 2.24) is 10.2 Å². The first-order valence-corrected chi connectivity index (χ1v) is 8.13. The molecule has 0 spiro atoms. The molecule has 4 nitrogen and oxygen atoms in total. The van der Waals surface area contributed by atoms with Crippen LogP contribution in [0.5, 0.6) is 0 Å². The second-order valence-electron chi connectivity index (χ2n) is 3.96. The molecule has 2 aromatic rings. The van der Waals surface area contributed by atoms with Gasteiger partial charge in [-0.1, -0.05) is 46.3 Å². The van der Waals surface area contributed by atoms with Gasteiger partial charge in [-0.3, -0.25) is 4.79 Å². The SMILES string of the molecule is Cc1nnc(SC(C)C(=O)Nc2ccc(Cl)cc2Cl)s1. The Morgan fingerprint density at radius 1 is 1.40 bits per heavy atom. The van der Waals surface area contributed by atoms with Crippen LogP contribution in [-0.2, 0) is 4.79 Å². The van der Waals surface area contributed by atoms with Gasteiger partial charge in [0.2, 0.25) is 5.91 Å². The number of aryl methyl sites for hydroxylation is 1. The van der Waals surface area contributed by atoms with Crippen LogP contribution >= 0.6 is 46.3 Å². The van der Waals surface area contributed by atoms with Crippen LogP contribution in [0.3, 0.4) is 0 Å². The number of halogens is 2. The summed E-state index contributed by atoms with van der Waals surface area (Å²) in [6.07, 6.45) is 0. The number of amides is 1. The standard InChI is InChI=1S/C12H11Cl2N3OS2/c1-6(19-12-17-16-7(2)20-12)11(18)15-10-4-3-8(13)5-9(10)14/h3-6H,1-2H3,(H,15,18). The highest BCUT2D eigenvalue weighted by Crippen LogP contribution is 2.29. The van der Waals surface area contributed by atoms with Crippen LogP contribution in [0.25, 0.3) is 0 Å². The van der Waals surface area contributed by atoms with Gasteiger partial charge < -0.3 is 5.32 Å². The highest BCUT2D eigenvalue weighted by molar-refractivity contribution is 8.02. The Kier molecular flexibility index (Phi) is 5.26. The van der Waals surface area contributed by atoms with E-state index in [1.54, 1.807) is 25.1 Å². The largest absolute Gasteiger partial charge is 0.324 e. The third-order valence-corrected chi connectivity index (χ3v) is 4.91. The number of anilines is 1. The zero-order chi connectivity index (χ0) is 14.7. The number of rotatable bonds is 4. The van der Waals surface area contributed by atoms with Gasteiger partial charge in [0.1, 0.15) is 5.01 Å². The normalized spacial score (nSPS) is 12.2. The van der Waals surface area contributed by atoms with Crippen molar-refractivity contribution in [2.45, 2.75) is 23.4 Å². The Balaban J connectivity index is 2.00. The smallest absolute Gasteiger partial charge is 0.237 e. The summed E-state index contributed by atoms with van der Waals surface area (Å²) in [7, 11) is 0. The number of hydrogen-bond donors (Lipinski definition) is 1. The quantitative estimate of drug-likeness (QED) is 0.839. The van der Waals surface area contributed by atoms with Crippen molar-refractivity contribution < 1.29 is 4.79 Å². The van der Waals surface area contributed by atoms with Gasteiger partial charge in [0.25, 0.3) is 0 Å². The predicted molar refractivity (Wildman–Crippen MR) is 85.1 cm³/mol. The van der Waals surface area contributed by atoms with Gasteiger partial charge in [0.05, 0.1) is 16.0 Å². The minimum Gasteiger partial charge on any atom is -0.324 e. The molecule has 1 unspecified atom stereocenters. The van der Waals surface area contributed by atoms with Crippen LogP contribution in [0.2, 0.25) is 10.0 Å². The molecular formula is C12H11Cl2N3OS2.